The fraction of sp³-hybridized carbons (Fsp3) is 0. The Labute approximate surface area is 162 Å². The molecule has 0 aromatic heterocycles. The van der Waals surface area contributed by atoms with E-state index in [1.165, 1.54) is 12.1 Å². The van der Waals surface area contributed by atoms with Crippen molar-refractivity contribution >= 4 is 44.3 Å². The molecular formula is C22H12O5S-2. The van der Waals surface area contributed by atoms with Gasteiger partial charge in [0.1, 0.15) is 0 Å². The van der Waals surface area contributed by atoms with Crippen LogP contribution in [0.15, 0.2) is 82.6 Å². The average Bonchev–Trinajstić information content (AvgIpc) is 2.71. The van der Waals surface area contributed by atoms with Crippen LogP contribution in [0.4, 0.5) is 0 Å². The van der Waals surface area contributed by atoms with E-state index in [0.717, 1.165) is 0 Å². The molecule has 0 radical (unpaired) electrons. The van der Waals surface area contributed by atoms with E-state index in [1.54, 1.807) is 60.7 Å². The fourth-order valence-electron chi connectivity index (χ4n) is 3.38. The monoisotopic (exact) mass is 388 g/mol. The molecule has 0 fully saturated rings. The van der Waals surface area contributed by atoms with Gasteiger partial charge in [0, 0.05) is 21.9 Å². The Bertz CT molecular complexity index is 1180. The molecule has 0 aliphatic carbocycles. The molecular weight excluding hydrogens is 376 g/mol. The van der Waals surface area contributed by atoms with E-state index in [0.29, 0.717) is 21.5 Å². The van der Waals surface area contributed by atoms with E-state index in [1.807, 2.05) is 0 Å². The van der Waals surface area contributed by atoms with E-state index < -0.39 is 22.7 Å². The molecule has 0 saturated heterocycles. The van der Waals surface area contributed by atoms with Crippen LogP contribution in [-0.4, -0.2) is 16.1 Å². The molecule has 0 saturated carbocycles. The van der Waals surface area contributed by atoms with Gasteiger partial charge in [0.05, 0.1) is 32.5 Å². The van der Waals surface area contributed by atoms with E-state index in [4.69, 9.17) is 0 Å². The Kier molecular flexibility index (Phi) is 4.41. The second-order valence-electron chi connectivity index (χ2n) is 6.16. The highest BCUT2D eigenvalue weighted by Gasteiger charge is 2.18. The second kappa shape index (κ2) is 6.90. The van der Waals surface area contributed by atoms with Crippen molar-refractivity contribution in [2.24, 2.45) is 0 Å². The Hall–Kier alpha value is -3.51. The van der Waals surface area contributed by atoms with Crippen molar-refractivity contribution in [3.05, 3.63) is 83.9 Å². The lowest BCUT2D eigenvalue weighted by atomic mass is 10.0. The topological polar surface area (TPSA) is 97.3 Å². The van der Waals surface area contributed by atoms with Gasteiger partial charge in [-0.25, -0.2) is 4.21 Å². The largest absolute Gasteiger partial charge is 0.545 e. The summed E-state index contributed by atoms with van der Waals surface area (Å²) in [6, 6.07) is 19.4. The summed E-state index contributed by atoms with van der Waals surface area (Å²) in [6.45, 7) is 0. The van der Waals surface area contributed by atoms with Gasteiger partial charge in [-0.15, -0.1) is 0 Å². The third kappa shape index (κ3) is 2.84. The Balaban J connectivity index is 2.05. The lowest BCUT2D eigenvalue weighted by Crippen LogP contribution is -2.23. The molecule has 4 rings (SSSR count). The molecule has 0 bridgehead atoms. The molecule has 28 heavy (non-hydrogen) atoms. The fourth-order valence-corrected chi connectivity index (χ4v) is 4.85. The minimum Gasteiger partial charge on any atom is -0.545 e. The number of fused-ring (bicyclic) bond motifs is 2. The Morgan fingerprint density at radius 2 is 0.964 bits per heavy atom. The zero-order valence-corrected chi connectivity index (χ0v) is 15.2. The van der Waals surface area contributed by atoms with Crippen LogP contribution in [0.5, 0.6) is 0 Å². The van der Waals surface area contributed by atoms with Crippen LogP contribution in [-0.2, 0) is 10.8 Å². The third-order valence-corrected chi connectivity index (χ3v) is 6.05. The van der Waals surface area contributed by atoms with Crippen LogP contribution in [0.3, 0.4) is 0 Å². The van der Waals surface area contributed by atoms with E-state index in [9.17, 15) is 24.0 Å². The number of hydrogen-bond donors (Lipinski definition) is 0. The van der Waals surface area contributed by atoms with Gasteiger partial charge in [-0.1, -0.05) is 60.7 Å². The summed E-state index contributed by atoms with van der Waals surface area (Å²) in [6.07, 6.45) is 0. The van der Waals surface area contributed by atoms with Gasteiger partial charge in [-0.3, -0.25) is 0 Å². The number of benzene rings is 4. The predicted molar refractivity (Wildman–Crippen MR) is 101 cm³/mol. The zero-order chi connectivity index (χ0) is 19.8. The average molecular weight is 388 g/mol. The van der Waals surface area contributed by atoms with Gasteiger partial charge < -0.3 is 19.8 Å². The number of carbonyl (C=O) groups is 2. The highest BCUT2D eigenvalue weighted by Crippen LogP contribution is 2.32. The highest BCUT2D eigenvalue weighted by atomic mass is 32.2. The molecule has 4 aromatic carbocycles. The predicted octanol–water partition coefficient (Wildman–Crippen LogP) is 1.89. The first-order chi connectivity index (χ1) is 13.5. The van der Waals surface area contributed by atoms with Gasteiger partial charge in [-0.2, -0.15) is 0 Å². The maximum Gasteiger partial charge on any atom is 0.0862 e. The van der Waals surface area contributed by atoms with Crippen molar-refractivity contribution in [3.8, 4) is 0 Å². The number of rotatable bonds is 4. The molecule has 4 aromatic rings. The lowest BCUT2D eigenvalue weighted by Gasteiger charge is -2.15. The summed E-state index contributed by atoms with van der Waals surface area (Å²) < 4.78 is 13.5. The normalized spacial score (nSPS) is 11.2. The minimum atomic E-state index is -1.83. The minimum absolute atomic E-state index is 0.0678. The summed E-state index contributed by atoms with van der Waals surface area (Å²) in [5.74, 6) is -2.74. The molecule has 6 heteroatoms. The molecule has 0 aliphatic rings. The summed E-state index contributed by atoms with van der Waals surface area (Å²) in [5, 5.41) is 25.0. The van der Waals surface area contributed by atoms with Crippen LogP contribution < -0.4 is 10.2 Å². The SMILES string of the molecule is O=C([O-])c1cccc2cccc(S(=O)c3cccc4cccc(C(=O)[O-])c34)c12. The Morgan fingerprint density at radius 1 is 0.607 bits per heavy atom. The zero-order valence-electron chi connectivity index (χ0n) is 14.4. The maximum absolute atomic E-state index is 13.5. The molecule has 0 N–H and O–H groups in total. The first-order valence-corrected chi connectivity index (χ1v) is 9.52. The molecule has 0 heterocycles. The summed E-state index contributed by atoms with van der Waals surface area (Å²) in [7, 11) is -1.83. The standard InChI is InChI=1S/C22H14O5S/c23-21(24)15-9-1-5-13-7-3-11-17(19(13)15)28(27)18-12-4-8-14-6-2-10-16(20(14)18)22(25)26/h1-12H,(H,23,24)(H,25,26)/p-2. The van der Waals surface area contributed by atoms with Crippen LogP contribution in [0.2, 0.25) is 0 Å². The summed E-state index contributed by atoms with van der Waals surface area (Å²) in [4.78, 5) is 23.7. The Morgan fingerprint density at radius 3 is 1.32 bits per heavy atom. The van der Waals surface area contributed by atoms with Gasteiger partial charge in [0.2, 0.25) is 0 Å². The lowest BCUT2D eigenvalue weighted by molar-refractivity contribution is -0.256. The van der Waals surface area contributed by atoms with E-state index in [2.05, 4.69) is 0 Å². The van der Waals surface area contributed by atoms with E-state index in [-0.39, 0.29) is 20.9 Å². The first-order valence-electron chi connectivity index (χ1n) is 8.37. The number of carbonyl (C=O) groups excluding carboxylic acids is 2. The molecule has 0 unspecified atom stereocenters. The van der Waals surface area contributed by atoms with Crippen LogP contribution in [0, 0.1) is 0 Å². The number of carboxylic acid groups (broad SMARTS) is 2. The highest BCUT2D eigenvalue weighted by molar-refractivity contribution is 7.85. The third-order valence-electron chi connectivity index (χ3n) is 4.57. The second-order valence-corrected chi connectivity index (χ2v) is 7.58. The molecule has 0 amide bonds. The number of hydrogen-bond acceptors (Lipinski definition) is 5. The quantitative estimate of drug-likeness (QED) is 0.532. The molecule has 0 spiro atoms. The van der Waals surface area contributed by atoms with Crippen molar-refractivity contribution in [2.75, 3.05) is 0 Å². The molecule has 0 aliphatic heterocycles. The van der Waals surface area contributed by atoms with Crippen molar-refractivity contribution in [1.29, 1.82) is 0 Å². The van der Waals surface area contributed by atoms with Crippen molar-refractivity contribution in [2.45, 2.75) is 9.79 Å². The molecule has 138 valence electrons. The van der Waals surface area contributed by atoms with Crippen LogP contribution in [0.1, 0.15) is 20.7 Å². The first kappa shape index (κ1) is 17.9. The van der Waals surface area contributed by atoms with Crippen molar-refractivity contribution in [3.63, 3.8) is 0 Å². The number of aromatic carboxylic acids is 2. The summed E-state index contributed by atoms with van der Waals surface area (Å²) >= 11 is 0. The van der Waals surface area contributed by atoms with Gasteiger partial charge in [0.15, 0.2) is 0 Å². The van der Waals surface area contributed by atoms with Crippen molar-refractivity contribution in [1.82, 2.24) is 0 Å². The van der Waals surface area contributed by atoms with Gasteiger partial charge in [0.25, 0.3) is 0 Å². The van der Waals surface area contributed by atoms with Crippen LogP contribution >= 0.6 is 0 Å². The molecule has 0 atom stereocenters. The van der Waals surface area contributed by atoms with Crippen LogP contribution in [0.25, 0.3) is 21.5 Å². The maximum atomic E-state index is 13.5. The molecule has 5 nitrogen and oxygen atoms in total. The van der Waals surface area contributed by atoms with Gasteiger partial charge in [-0.05, 0) is 22.9 Å². The number of carboxylic acids is 2. The van der Waals surface area contributed by atoms with Crippen molar-refractivity contribution < 1.29 is 24.0 Å². The smallest absolute Gasteiger partial charge is 0.0862 e. The summed E-state index contributed by atoms with van der Waals surface area (Å²) in [5.41, 5.74) is -0.136. The van der Waals surface area contributed by atoms with E-state index >= 15 is 0 Å². The van der Waals surface area contributed by atoms with Gasteiger partial charge >= 0.3 is 0 Å².